The van der Waals surface area contributed by atoms with Crippen LogP contribution in [-0.4, -0.2) is 0 Å². The highest BCUT2D eigenvalue weighted by Crippen LogP contribution is 2.23. The first kappa shape index (κ1) is 8.61. The minimum atomic E-state index is 0.179. The first-order valence-electron chi connectivity index (χ1n) is 3.68. The predicted octanol–water partition coefficient (Wildman–Crippen LogP) is 3.44. The van der Waals surface area contributed by atoms with Gasteiger partial charge in [0.1, 0.15) is 0 Å². The molecule has 0 bridgehead atoms. The van der Waals surface area contributed by atoms with Crippen LogP contribution >= 0.6 is 11.6 Å². The maximum Gasteiger partial charge on any atom is 0.0487 e. The van der Waals surface area contributed by atoms with Crippen LogP contribution in [-0.2, 0) is 5.41 Å². The molecule has 1 rings (SSSR count). The van der Waals surface area contributed by atoms with E-state index in [0.717, 1.165) is 0 Å². The minimum Gasteiger partial charge on any atom is -0.0837 e. The van der Waals surface area contributed by atoms with Gasteiger partial charge < -0.3 is 0 Å². The van der Waals surface area contributed by atoms with Gasteiger partial charge in [0.05, 0.1) is 0 Å². The molecule has 1 aromatic rings. The van der Waals surface area contributed by atoms with Crippen molar-refractivity contribution in [3.63, 3.8) is 0 Å². The molecule has 0 amide bonds. The highest BCUT2D eigenvalue weighted by atomic mass is 35.5. The van der Waals surface area contributed by atoms with E-state index in [2.05, 4.69) is 26.8 Å². The van der Waals surface area contributed by atoms with E-state index in [1.54, 1.807) is 0 Å². The molecule has 1 aromatic carbocycles. The zero-order valence-corrected chi connectivity index (χ0v) is 7.87. The van der Waals surface area contributed by atoms with Crippen LogP contribution in [0.15, 0.2) is 18.2 Å². The second-order valence-electron chi connectivity index (χ2n) is 3.68. The molecule has 0 aliphatic rings. The molecule has 0 spiro atoms. The van der Waals surface area contributed by atoms with Crippen molar-refractivity contribution in [2.24, 2.45) is 0 Å². The van der Waals surface area contributed by atoms with E-state index in [0.29, 0.717) is 5.02 Å². The molecule has 0 saturated carbocycles. The third kappa shape index (κ3) is 2.23. The number of rotatable bonds is 0. The van der Waals surface area contributed by atoms with Crippen LogP contribution in [0.5, 0.6) is 0 Å². The summed E-state index contributed by atoms with van der Waals surface area (Å²) in [7, 11) is 0. The van der Waals surface area contributed by atoms with Crippen LogP contribution in [0.2, 0.25) is 5.02 Å². The third-order valence-corrected chi connectivity index (χ3v) is 1.85. The lowest BCUT2D eigenvalue weighted by molar-refractivity contribution is 0.590. The third-order valence-electron chi connectivity index (χ3n) is 1.63. The SMILES string of the molecule is CC(C)(C)c1cc[c]c(Cl)c1. The highest BCUT2D eigenvalue weighted by molar-refractivity contribution is 6.30. The van der Waals surface area contributed by atoms with Crippen LogP contribution in [0.25, 0.3) is 0 Å². The van der Waals surface area contributed by atoms with E-state index in [9.17, 15) is 0 Å². The zero-order chi connectivity index (χ0) is 8.48. The molecule has 1 heteroatoms. The molecule has 59 valence electrons. The molecule has 11 heavy (non-hydrogen) atoms. The van der Waals surface area contributed by atoms with Gasteiger partial charge >= 0.3 is 0 Å². The van der Waals surface area contributed by atoms with Crippen molar-refractivity contribution in [3.8, 4) is 0 Å². The Morgan fingerprint density at radius 3 is 2.36 bits per heavy atom. The van der Waals surface area contributed by atoms with Crippen LogP contribution in [0, 0.1) is 6.07 Å². The minimum absolute atomic E-state index is 0.179. The van der Waals surface area contributed by atoms with Gasteiger partial charge in [-0.15, -0.1) is 0 Å². The molecule has 0 saturated heterocycles. The molecule has 0 atom stereocenters. The fourth-order valence-electron chi connectivity index (χ4n) is 0.904. The molecule has 0 unspecified atom stereocenters. The Morgan fingerprint density at radius 2 is 2.00 bits per heavy atom. The maximum atomic E-state index is 5.80. The molecule has 0 aliphatic carbocycles. The Bertz CT molecular complexity index is 245. The van der Waals surface area contributed by atoms with Crippen molar-refractivity contribution >= 4 is 11.6 Å². The first-order valence-corrected chi connectivity index (χ1v) is 4.05. The summed E-state index contributed by atoms with van der Waals surface area (Å²) in [6.07, 6.45) is 0. The molecule has 0 aliphatic heterocycles. The van der Waals surface area contributed by atoms with Gasteiger partial charge in [-0.05, 0) is 17.0 Å². The quantitative estimate of drug-likeness (QED) is 0.556. The van der Waals surface area contributed by atoms with Crippen molar-refractivity contribution in [2.75, 3.05) is 0 Å². The normalized spacial score (nSPS) is 11.6. The summed E-state index contributed by atoms with van der Waals surface area (Å²) >= 11 is 5.80. The Morgan fingerprint density at radius 1 is 1.36 bits per heavy atom. The summed E-state index contributed by atoms with van der Waals surface area (Å²) in [5.74, 6) is 0. The van der Waals surface area contributed by atoms with Gasteiger partial charge in [-0.2, -0.15) is 0 Å². The Labute approximate surface area is 73.2 Å². The summed E-state index contributed by atoms with van der Waals surface area (Å²) in [4.78, 5) is 0. The Balaban J connectivity index is 3.06. The fourth-order valence-corrected chi connectivity index (χ4v) is 1.08. The summed E-state index contributed by atoms with van der Waals surface area (Å²) in [6.45, 7) is 6.50. The molecule has 1 radical (unpaired) electrons. The van der Waals surface area contributed by atoms with Gasteiger partial charge in [0.25, 0.3) is 0 Å². The molecule has 0 N–H and O–H groups in total. The van der Waals surface area contributed by atoms with Gasteiger partial charge in [-0.1, -0.05) is 44.5 Å². The predicted molar refractivity (Wildman–Crippen MR) is 49.0 cm³/mol. The zero-order valence-electron chi connectivity index (χ0n) is 7.11. The molecule has 0 nitrogen and oxygen atoms in total. The summed E-state index contributed by atoms with van der Waals surface area (Å²) < 4.78 is 0. The maximum absolute atomic E-state index is 5.80. The summed E-state index contributed by atoms with van der Waals surface area (Å²) in [6, 6.07) is 8.78. The van der Waals surface area contributed by atoms with Crippen LogP contribution in [0.4, 0.5) is 0 Å². The highest BCUT2D eigenvalue weighted by Gasteiger charge is 2.12. The van der Waals surface area contributed by atoms with E-state index >= 15 is 0 Å². The lowest BCUT2D eigenvalue weighted by Gasteiger charge is -2.18. The molecule has 0 fully saturated rings. The first-order chi connectivity index (χ1) is 5.00. The average Bonchev–Trinajstić information content (AvgIpc) is 1.86. The largest absolute Gasteiger partial charge is 0.0837 e. The molecule has 0 heterocycles. The summed E-state index contributed by atoms with van der Waals surface area (Å²) in [5, 5.41) is 0.692. The van der Waals surface area contributed by atoms with E-state index in [4.69, 9.17) is 11.6 Å². The van der Waals surface area contributed by atoms with E-state index < -0.39 is 0 Å². The number of halogens is 1. The van der Waals surface area contributed by atoms with Crippen molar-refractivity contribution in [1.82, 2.24) is 0 Å². The Kier molecular flexibility index (Phi) is 2.24. The number of hydrogen-bond donors (Lipinski definition) is 0. The summed E-state index contributed by atoms with van der Waals surface area (Å²) in [5.41, 5.74) is 1.43. The average molecular weight is 168 g/mol. The monoisotopic (exact) mass is 167 g/mol. The van der Waals surface area contributed by atoms with Gasteiger partial charge in [0.2, 0.25) is 0 Å². The number of benzene rings is 1. The van der Waals surface area contributed by atoms with Crippen molar-refractivity contribution < 1.29 is 0 Å². The second kappa shape index (κ2) is 2.86. The standard InChI is InChI=1S/C10H12Cl/c1-10(2,3)8-5-4-6-9(11)7-8/h4-5,7H,1-3H3. The second-order valence-corrected chi connectivity index (χ2v) is 4.08. The lowest BCUT2D eigenvalue weighted by Crippen LogP contribution is -2.10. The topological polar surface area (TPSA) is 0 Å². The van der Waals surface area contributed by atoms with Gasteiger partial charge in [0, 0.05) is 11.1 Å². The fraction of sp³-hybridized carbons (Fsp3) is 0.400. The Hall–Kier alpha value is -0.490. The number of hydrogen-bond acceptors (Lipinski definition) is 0. The van der Waals surface area contributed by atoms with E-state index in [1.807, 2.05) is 18.2 Å². The van der Waals surface area contributed by atoms with E-state index in [-0.39, 0.29) is 5.41 Å². The molecular formula is C10H12Cl. The van der Waals surface area contributed by atoms with Crippen LogP contribution in [0.3, 0.4) is 0 Å². The van der Waals surface area contributed by atoms with Gasteiger partial charge in [0.15, 0.2) is 0 Å². The van der Waals surface area contributed by atoms with Crippen LogP contribution < -0.4 is 0 Å². The van der Waals surface area contributed by atoms with Crippen LogP contribution in [0.1, 0.15) is 26.3 Å². The van der Waals surface area contributed by atoms with E-state index in [1.165, 1.54) is 5.56 Å². The lowest BCUT2D eigenvalue weighted by atomic mass is 9.87. The van der Waals surface area contributed by atoms with Gasteiger partial charge in [-0.3, -0.25) is 0 Å². The smallest absolute Gasteiger partial charge is 0.0487 e. The molecule has 0 aromatic heterocycles. The van der Waals surface area contributed by atoms with Crippen molar-refractivity contribution in [1.29, 1.82) is 0 Å². The van der Waals surface area contributed by atoms with Crippen molar-refractivity contribution in [3.05, 3.63) is 34.9 Å². The molecular weight excluding hydrogens is 156 g/mol. The van der Waals surface area contributed by atoms with Gasteiger partial charge in [-0.25, -0.2) is 0 Å². The van der Waals surface area contributed by atoms with Crippen molar-refractivity contribution in [2.45, 2.75) is 26.2 Å².